The third-order valence-corrected chi connectivity index (χ3v) is 3.46. The van der Waals surface area contributed by atoms with Gasteiger partial charge in [-0.2, -0.15) is 0 Å². The molecule has 3 heteroatoms. The number of rotatable bonds is 7. The number of phenolic OH excluding ortho intramolecular Hbond substituents is 1. The Bertz CT molecular complexity index is 490. The van der Waals surface area contributed by atoms with Crippen LogP contribution in [0.25, 0.3) is 0 Å². The Balaban J connectivity index is 1.71. The summed E-state index contributed by atoms with van der Waals surface area (Å²) >= 11 is 0. The van der Waals surface area contributed by atoms with Gasteiger partial charge in [0, 0.05) is 18.5 Å². The summed E-state index contributed by atoms with van der Waals surface area (Å²) in [5.41, 5.74) is 1.26. The van der Waals surface area contributed by atoms with E-state index < -0.39 is 0 Å². The first-order valence-corrected chi connectivity index (χ1v) is 7.20. The second-order valence-electron chi connectivity index (χ2n) is 5.46. The first kappa shape index (κ1) is 14.7. The lowest BCUT2D eigenvalue weighted by Gasteiger charge is -2.19. The lowest BCUT2D eigenvalue weighted by atomic mass is 10.0. The van der Waals surface area contributed by atoms with Crippen molar-refractivity contribution >= 4 is 0 Å². The molecule has 0 fully saturated rings. The Labute approximate surface area is 120 Å². The molecule has 1 aromatic heterocycles. The summed E-state index contributed by atoms with van der Waals surface area (Å²) < 4.78 is 5.36. The van der Waals surface area contributed by atoms with Gasteiger partial charge in [-0.05, 0) is 56.5 Å². The van der Waals surface area contributed by atoms with Gasteiger partial charge in [-0.3, -0.25) is 0 Å². The van der Waals surface area contributed by atoms with Crippen LogP contribution >= 0.6 is 0 Å². The third-order valence-electron chi connectivity index (χ3n) is 3.46. The molecule has 0 aliphatic rings. The van der Waals surface area contributed by atoms with Gasteiger partial charge in [-0.1, -0.05) is 12.1 Å². The van der Waals surface area contributed by atoms with Crippen LogP contribution in [-0.4, -0.2) is 17.2 Å². The maximum atomic E-state index is 9.25. The molecule has 2 rings (SSSR count). The monoisotopic (exact) mass is 273 g/mol. The minimum absolute atomic E-state index is 0.326. The summed E-state index contributed by atoms with van der Waals surface area (Å²) in [5.74, 6) is 1.35. The molecule has 0 aliphatic carbocycles. The molecular weight excluding hydrogens is 250 g/mol. The fraction of sp³-hybridized carbons (Fsp3) is 0.412. The number of nitrogens with one attached hydrogen (secondary N) is 1. The number of phenols is 1. The predicted molar refractivity (Wildman–Crippen MR) is 80.9 cm³/mol. The van der Waals surface area contributed by atoms with Crippen molar-refractivity contribution in [2.24, 2.45) is 0 Å². The minimum atomic E-state index is 0.326. The second-order valence-corrected chi connectivity index (χ2v) is 5.46. The molecule has 0 saturated carbocycles. The van der Waals surface area contributed by atoms with Crippen molar-refractivity contribution in [3.63, 3.8) is 0 Å². The van der Waals surface area contributed by atoms with Gasteiger partial charge in [0.1, 0.15) is 11.5 Å². The van der Waals surface area contributed by atoms with Crippen LogP contribution < -0.4 is 5.32 Å². The topological polar surface area (TPSA) is 45.4 Å². The molecule has 0 radical (unpaired) electrons. The number of hydrogen-bond acceptors (Lipinski definition) is 3. The van der Waals surface area contributed by atoms with E-state index in [9.17, 15) is 5.11 Å². The average molecular weight is 273 g/mol. The third kappa shape index (κ3) is 4.74. The molecule has 3 nitrogen and oxygen atoms in total. The summed E-state index contributed by atoms with van der Waals surface area (Å²) in [6.07, 6.45) is 4.72. The predicted octanol–water partition coefficient (Wildman–Crippen LogP) is 3.53. The zero-order valence-electron chi connectivity index (χ0n) is 12.2. The number of aromatic hydroxyl groups is 1. The maximum absolute atomic E-state index is 9.25. The molecule has 1 aromatic carbocycles. The van der Waals surface area contributed by atoms with Crippen LogP contribution in [0.2, 0.25) is 0 Å². The molecule has 0 aliphatic heterocycles. The summed E-state index contributed by atoms with van der Waals surface area (Å²) in [4.78, 5) is 0. The first-order valence-electron chi connectivity index (χ1n) is 7.20. The van der Waals surface area contributed by atoms with Crippen LogP contribution in [-0.2, 0) is 12.8 Å². The van der Waals surface area contributed by atoms with E-state index in [0.717, 1.165) is 25.0 Å². The van der Waals surface area contributed by atoms with Crippen molar-refractivity contribution in [2.45, 2.75) is 45.2 Å². The maximum Gasteiger partial charge on any atom is 0.115 e. The summed E-state index contributed by atoms with van der Waals surface area (Å²) in [7, 11) is 0. The van der Waals surface area contributed by atoms with Gasteiger partial charge in [-0.15, -0.1) is 0 Å². The molecule has 20 heavy (non-hydrogen) atoms. The Morgan fingerprint density at radius 3 is 2.50 bits per heavy atom. The summed E-state index contributed by atoms with van der Waals surface area (Å²) in [6, 6.07) is 12.2. The largest absolute Gasteiger partial charge is 0.508 e. The highest BCUT2D eigenvalue weighted by Crippen LogP contribution is 2.12. The van der Waals surface area contributed by atoms with Crippen LogP contribution in [0.15, 0.2) is 47.1 Å². The van der Waals surface area contributed by atoms with Gasteiger partial charge in [0.05, 0.1) is 6.26 Å². The van der Waals surface area contributed by atoms with E-state index in [4.69, 9.17) is 4.42 Å². The molecule has 2 aromatic rings. The molecule has 0 spiro atoms. The van der Waals surface area contributed by atoms with Gasteiger partial charge < -0.3 is 14.8 Å². The van der Waals surface area contributed by atoms with Gasteiger partial charge in [0.15, 0.2) is 0 Å². The molecule has 1 heterocycles. The fourth-order valence-electron chi connectivity index (χ4n) is 2.40. The lowest BCUT2D eigenvalue weighted by Crippen LogP contribution is -2.36. The highest BCUT2D eigenvalue weighted by Gasteiger charge is 2.09. The van der Waals surface area contributed by atoms with Crippen LogP contribution in [0.1, 0.15) is 31.6 Å². The van der Waals surface area contributed by atoms with E-state index in [2.05, 4.69) is 19.2 Å². The molecule has 2 unspecified atom stereocenters. The quantitative estimate of drug-likeness (QED) is 0.811. The fourth-order valence-corrected chi connectivity index (χ4v) is 2.40. The molecular formula is C17H23NO2. The van der Waals surface area contributed by atoms with E-state index in [-0.39, 0.29) is 0 Å². The van der Waals surface area contributed by atoms with E-state index >= 15 is 0 Å². The van der Waals surface area contributed by atoms with Gasteiger partial charge in [0.2, 0.25) is 0 Å². The molecule has 0 saturated heterocycles. The van der Waals surface area contributed by atoms with Crippen LogP contribution in [0.4, 0.5) is 0 Å². The second kappa shape index (κ2) is 7.15. The normalized spacial score (nSPS) is 14.1. The molecule has 2 atom stereocenters. The lowest BCUT2D eigenvalue weighted by molar-refractivity contribution is 0.412. The number of aryl methyl sites for hydroxylation is 1. The molecule has 108 valence electrons. The van der Waals surface area contributed by atoms with Crippen molar-refractivity contribution in [1.29, 1.82) is 0 Å². The minimum Gasteiger partial charge on any atom is -0.508 e. The zero-order valence-corrected chi connectivity index (χ0v) is 12.2. The van der Waals surface area contributed by atoms with E-state index in [1.807, 2.05) is 24.3 Å². The van der Waals surface area contributed by atoms with E-state index in [1.165, 1.54) is 5.56 Å². The summed E-state index contributed by atoms with van der Waals surface area (Å²) in [5, 5.41) is 12.8. The van der Waals surface area contributed by atoms with Crippen LogP contribution in [0.3, 0.4) is 0 Å². The van der Waals surface area contributed by atoms with E-state index in [1.54, 1.807) is 18.4 Å². The first-order chi connectivity index (χ1) is 9.63. The zero-order chi connectivity index (χ0) is 14.4. The smallest absolute Gasteiger partial charge is 0.115 e. The highest BCUT2D eigenvalue weighted by atomic mass is 16.3. The Morgan fingerprint density at radius 2 is 1.85 bits per heavy atom. The van der Waals surface area contributed by atoms with Crippen LogP contribution in [0.5, 0.6) is 5.75 Å². The van der Waals surface area contributed by atoms with Gasteiger partial charge in [-0.25, -0.2) is 0 Å². The summed E-state index contributed by atoms with van der Waals surface area (Å²) in [6.45, 7) is 4.39. The average Bonchev–Trinajstić information content (AvgIpc) is 2.90. The Hall–Kier alpha value is -1.74. The van der Waals surface area contributed by atoms with Crippen molar-refractivity contribution in [3.05, 3.63) is 54.0 Å². The van der Waals surface area contributed by atoms with Gasteiger partial charge >= 0.3 is 0 Å². The van der Waals surface area contributed by atoms with E-state index in [0.29, 0.717) is 17.8 Å². The molecule has 0 amide bonds. The number of benzene rings is 1. The Kier molecular flexibility index (Phi) is 5.24. The SMILES string of the molecule is CC(CCc1ccc(O)cc1)NC(C)Cc1ccco1. The van der Waals surface area contributed by atoms with Crippen molar-refractivity contribution in [3.8, 4) is 5.75 Å². The Morgan fingerprint density at radius 1 is 1.10 bits per heavy atom. The number of hydrogen-bond donors (Lipinski definition) is 2. The standard InChI is InChI=1S/C17H23NO2/c1-13(5-6-15-7-9-16(19)10-8-15)18-14(2)12-17-4-3-11-20-17/h3-4,7-11,13-14,18-19H,5-6,12H2,1-2H3. The number of furan rings is 1. The van der Waals surface area contributed by atoms with Crippen molar-refractivity contribution in [2.75, 3.05) is 0 Å². The van der Waals surface area contributed by atoms with Crippen LogP contribution in [0, 0.1) is 0 Å². The van der Waals surface area contributed by atoms with Gasteiger partial charge in [0.25, 0.3) is 0 Å². The highest BCUT2D eigenvalue weighted by molar-refractivity contribution is 5.25. The van der Waals surface area contributed by atoms with Crippen molar-refractivity contribution < 1.29 is 9.52 Å². The molecule has 2 N–H and O–H groups in total. The molecule has 0 bridgehead atoms. The van der Waals surface area contributed by atoms with Crippen molar-refractivity contribution in [1.82, 2.24) is 5.32 Å².